The molecule has 2 aromatic carbocycles. The van der Waals surface area contributed by atoms with E-state index in [-0.39, 0.29) is 12.5 Å². The third kappa shape index (κ3) is 3.56. The molecule has 2 heterocycles. The first-order chi connectivity index (χ1) is 16.3. The van der Waals surface area contributed by atoms with Gasteiger partial charge in [0.25, 0.3) is 0 Å². The number of carbonyl (C=O) groups is 3. The highest BCUT2D eigenvalue weighted by molar-refractivity contribution is 6.24. The molecule has 2 amide bonds. The first kappa shape index (κ1) is 23.6. The number of nitrogens with zero attached hydrogens (tertiary/aromatic N) is 1. The average molecular weight is 469 g/mol. The number of benzene rings is 2. The Bertz CT molecular complexity index is 1120. The number of hydrogen-bond acceptors (Lipinski definition) is 8. The molecule has 9 heteroatoms. The fourth-order valence-corrected chi connectivity index (χ4v) is 4.93. The first-order valence-electron chi connectivity index (χ1n) is 11.0. The Balaban J connectivity index is 1.80. The summed E-state index contributed by atoms with van der Waals surface area (Å²) in [6, 6.07) is 11.3. The second-order valence-corrected chi connectivity index (χ2v) is 8.37. The number of carbonyl (C=O) groups excluding carboxylic acids is 3. The number of anilines is 1. The van der Waals surface area contributed by atoms with E-state index in [1.807, 2.05) is 0 Å². The van der Waals surface area contributed by atoms with Crippen molar-refractivity contribution in [2.24, 2.45) is 11.8 Å². The molecule has 9 nitrogen and oxygen atoms in total. The molecule has 2 aromatic rings. The molecule has 2 aliphatic rings. The molecule has 2 aliphatic heterocycles. The van der Waals surface area contributed by atoms with Crippen LogP contribution in [0.1, 0.15) is 25.5 Å². The molecule has 0 aromatic heterocycles. The van der Waals surface area contributed by atoms with Crippen LogP contribution in [-0.2, 0) is 19.1 Å². The Hall–Kier alpha value is -3.59. The van der Waals surface area contributed by atoms with Crippen LogP contribution < -0.4 is 24.4 Å². The van der Waals surface area contributed by atoms with E-state index in [2.05, 4.69) is 5.32 Å². The lowest BCUT2D eigenvalue weighted by Gasteiger charge is -2.29. The lowest BCUT2D eigenvalue weighted by molar-refractivity contribution is -0.153. The number of nitrogens with one attached hydrogen (secondary N) is 1. The highest BCUT2D eigenvalue weighted by atomic mass is 16.5. The first-order valence-corrected chi connectivity index (χ1v) is 11.0. The zero-order chi connectivity index (χ0) is 24.6. The van der Waals surface area contributed by atoms with E-state index in [1.165, 1.54) is 21.3 Å². The summed E-state index contributed by atoms with van der Waals surface area (Å²) in [7, 11) is 4.59. The second-order valence-electron chi connectivity index (χ2n) is 8.37. The number of methoxy groups -OCH3 is 3. The van der Waals surface area contributed by atoms with E-state index in [4.69, 9.17) is 18.9 Å². The Labute approximate surface area is 197 Å². The lowest BCUT2D eigenvalue weighted by atomic mass is 9.80. The van der Waals surface area contributed by atoms with Gasteiger partial charge in [-0.3, -0.25) is 19.7 Å². The quantitative estimate of drug-likeness (QED) is 0.488. The zero-order valence-electron chi connectivity index (χ0n) is 19.8. The topological polar surface area (TPSA) is 103 Å². The summed E-state index contributed by atoms with van der Waals surface area (Å²) >= 11 is 0. The summed E-state index contributed by atoms with van der Waals surface area (Å²) in [4.78, 5) is 41.6. The van der Waals surface area contributed by atoms with Crippen LogP contribution in [-0.4, -0.2) is 51.3 Å². The third-order valence-electron chi connectivity index (χ3n) is 6.58. The van der Waals surface area contributed by atoms with Gasteiger partial charge in [-0.25, -0.2) is 4.90 Å². The van der Waals surface area contributed by atoms with Crippen LogP contribution >= 0.6 is 0 Å². The molecule has 2 saturated heterocycles. The van der Waals surface area contributed by atoms with Crippen molar-refractivity contribution >= 4 is 23.5 Å². The maximum Gasteiger partial charge on any atom is 0.326 e. The van der Waals surface area contributed by atoms with Crippen molar-refractivity contribution in [1.29, 1.82) is 0 Å². The van der Waals surface area contributed by atoms with Crippen LogP contribution in [0.15, 0.2) is 42.5 Å². The van der Waals surface area contributed by atoms with Crippen LogP contribution in [0.25, 0.3) is 0 Å². The molecule has 0 unspecified atom stereocenters. The Morgan fingerprint density at radius 1 is 0.971 bits per heavy atom. The maximum atomic E-state index is 13.7. The SMILES string of the molecule is CCOC(=O)[C@@]1(C)N[C@@H](c2ccc(OC)c(OC)c2)[C@H]2C(=O)N(c3ccc(OC)cc3)C(=O)[C@H]21. The van der Waals surface area contributed by atoms with Gasteiger partial charge in [0.2, 0.25) is 11.8 Å². The molecule has 0 radical (unpaired) electrons. The third-order valence-corrected chi connectivity index (χ3v) is 6.58. The Morgan fingerprint density at radius 3 is 2.24 bits per heavy atom. The number of imide groups is 1. The largest absolute Gasteiger partial charge is 0.497 e. The van der Waals surface area contributed by atoms with Crippen LogP contribution in [0.4, 0.5) is 5.69 Å². The molecule has 180 valence electrons. The summed E-state index contributed by atoms with van der Waals surface area (Å²) in [5.74, 6) is -1.57. The second kappa shape index (κ2) is 8.98. The Kier molecular flexibility index (Phi) is 6.22. The van der Waals surface area contributed by atoms with E-state index in [9.17, 15) is 14.4 Å². The summed E-state index contributed by atoms with van der Waals surface area (Å²) in [5.41, 5.74) is -0.284. The van der Waals surface area contributed by atoms with Crippen molar-refractivity contribution in [3.8, 4) is 17.2 Å². The number of amides is 2. The number of hydrogen-bond donors (Lipinski definition) is 1. The normalized spacial score (nSPS) is 25.8. The van der Waals surface area contributed by atoms with Gasteiger partial charge < -0.3 is 18.9 Å². The highest BCUT2D eigenvalue weighted by Gasteiger charge is 2.67. The Morgan fingerprint density at radius 2 is 1.65 bits per heavy atom. The summed E-state index contributed by atoms with van der Waals surface area (Å²) < 4.78 is 21.3. The molecule has 2 fully saturated rings. The van der Waals surface area contributed by atoms with Crippen LogP contribution in [0.2, 0.25) is 0 Å². The van der Waals surface area contributed by atoms with Crippen molar-refractivity contribution in [2.45, 2.75) is 25.4 Å². The fourth-order valence-electron chi connectivity index (χ4n) is 4.93. The fraction of sp³-hybridized carbons (Fsp3) is 0.400. The van der Waals surface area contributed by atoms with E-state index in [1.54, 1.807) is 56.3 Å². The molecule has 0 bridgehead atoms. The minimum atomic E-state index is -1.40. The summed E-state index contributed by atoms with van der Waals surface area (Å²) in [6.45, 7) is 3.47. The van der Waals surface area contributed by atoms with Gasteiger partial charge in [-0.15, -0.1) is 0 Å². The minimum Gasteiger partial charge on any atom is -0.497 e. The van der Waals surface area contributed by atoms with Gasteiger partial charge >= 0.3 is 5.97 Å². The van der Waals surface area contributed by atoms with Crippen molar-refractivity contribution in [3.63, 3.8) is 0 Å². The van der Waals surface area contributed by atoms with E-state index in [0.717, 1.165) is 4.90 Å². The predicted octanol–water partition coefficient (Wildman–Crippen LogP) is 2.48. The minimum absolute atomic E-state index is 0.152. The van der Waals surface area contributed by atoms with Crippen LogP contribution in [0.3, 0.4) is 0 Å². The zero-order valence-corrected chi connectivity index (χ0v) is 19.8. The van der Waals surface area contributed by atoms with Gasteiger partial charge in [0.05, 0.1) is 45.5 Å². The molecular weight excluding hydrogens is 440 g/mol. The summed E-state index contributed by atoms with van der Waals surface area (Å²) in [5, 5.41) is 3.25. The van der Waals surface area contributed by atoms with Gasteiger partial charge in [0.1, 0.15) is 11.3 Å². The molecule has 0 spiro atoms. The van der Waals surface area contributed by atoms with Crippen molar-refractivity contribution in [1.82, 2.24) is 5.32 Å². The van der Waals surface area contributed by atoms with Gasteiger partial charge in [0, 0.05) is 6.04 Å². The van der Waals surface area contributed by atoms with Gasteiger partial charge in [-0.1, -0.05) is 6.07 Å². The number of fused-ring (bicyclic) bond motifs is 1. The predicted molar refractivity (Wildman–Crippen MR) is 123 cm³/mol. The monoisotopic (exact) mass is 468 g/mol. The maximum absolute atomic E-state index is 13.7. The molecule has 4 atom stereocenters. The highest BCUT2D eigenvalue weighted by Crippen LogP contribution is 2.50. The molecule has 0 saturated carbocycles. The molecular formula is C25H28N2O7. The van der Waals surface area contributed by atoms with Crippen LogP contribution in [0, 0.1) is 11.8 Å². The van der Waals surface area contributed by atoms with E-state index in [0.29, 0.717) is 28.5 Å². The van der Waals surface area contributed by atoms with Crippen molar-refractivity contribution in [3.05, 3.63) is 48.0 Å². The molecule has 34 heavy (non-hydrogen) atoms. The van der Waals surface area contributed by atoms with E-state index >= 15 is 0 Å². The number of ether oxygens (including phenoxy) is 4. The summed E-state index contributed by atoms with van der Waals surface area (Å²) in [6.07, 6.45) is 0. The average Bonchev–Trinajstić information content (AvgIpc) is 3.32. The number of rotatable bonds is 7. The molecule has 1 N–H and O–H groups in total. The van der Waals surface area contributed by atoms with Crippen molar-refractivity contribution in [2.75, 3.05) is 32.8 Å². The van der Waals surface area contributed by atoms with Gasteiger partial charge in [0.15, 0.2) is 11.5 Å². The van der Waals surface area contributed by atoms with Crippen LogP contribution in [0.5, 0.6) is 17.2 Å². The van der Waals surface area contributed by atoms with Crippen molar-refractivity contribution < 1.29 is 33.3 Å². The standard InChI is InChI=1S/C25H28N2O7/c1-6-34-24(30)25(2)20-19(21(26-25)14-7-12-17(32-4)18(13-14)33-5)22(28)27(23(20)29)15-8-10-16(31-3)11-9-15/h7-13,19-21,26H,6H2,1-5H3/t19-,20-,21-,25-/m0/s1. The van der Waals surface area contributed by atoms with Gasteiger partial charge in [-0.05, 0) is 55.8 Å². The smallest absolute Gasteiger partial charge is 0.326 e. The molecule has 4 rings (SSSR count). The molecule has 0 aliphatic carbocycles. The lowest BCUT2D eigenvalue weighted by Crippen LogP contribution is -2.54. The number of esters is 1. The van der Waals surface area contributed by atoms with Gasteiger partial charge in [-0.2, -0.15) is 0 Å². The van der Waals surface area contributed by atoms with E-state index < -0.39 is 35.3 Å².